The summed E-state index contributed by atoms with van der Waals surface area (Å²) in [6.07, 6.45) is 1.72. The second-order valence-corrected chi connectivity index (χ2v) is 5.76. The van der Waals surface area contributed by atoms with Crippen molar-refractivity contribution in [2.75, 3.05) is 19.0 Å². The van der Waals surface area contributed by atoms with Gasteiger partial charge in [0.2, 0.25) is 0 Å². The highest BCUT2D eigenvalue weighted by molar-refractivity contribution is 6.60. The van der Waals surface area contributed by atoms with Gasteiger partial charge in [-0.05, 0) is 33.8 Å². The Balaban J connectivity index is 2.27. The molecule has 0 unspecified atom stereocenters. The minimum absolute atomic E-state index is 0.366. The van der Waals surface area contributed by atoms with E-state index in [2.05, 4.69) is 9.97 Å². The second kappa shape index (κ2) is 4.21. The lowest BCUT2D eigenvalue weighted by Gasteiger charge is -2.32. The number of anilines is 1. The number of hydrogen-bond donors (Lipinski definition) is 0. The maximum Gasteiger partial charge on any atom is 0.534 e. The fourth-order valence-electron chi connectivity index (χ4n) is 1.67. The van der Waals surface area contributed by atoms with Gasteiger partial charge in [0.1, 0.15) is 5.82 Å². The Morgan fingerprint density at radius 2 is 1.67 bits per heavy atom. The van der Waals surface area contributed by atoms with Gasteiger partial charge in [0.25, 0.3) is 0 Å². The second-order valence-electron chi connectivity index (χ2n) is 5.76. The van der Waals surface area contributed by atoms with Gasteiger partial charge in [0.05, 0.1) is 11.2 Å². The minimum Gasteiger partial charge on any atom is -0.397 e. The van der Waals surface area contributed by atoms with E-state index in [0.29, 0.717) is 5.72 Å². The lowest BCUT2D eigenvalue weighted by molar-refractivity contribution is 0.00578. The normalized spacial score (nSPS) is 21.1. The van der Waals surface area contributed by atoms with E-state index < -0.39 is 7.12 Å². The average Bonchev–Trinajstić information content (AvgIpc) is 2.48. The van der Waals surface area contributed by atoms with E-state index >= 15 is 0 Å². The third-order valence-corrected chi connectivity index (χ3v) is 3.58. The van der Waals surface area contributed by atoms with Crippen molar-refractivity contribution in [1.82, 2.24) is 9.97 Å². The maximum absolute atomic E-state index is 5.92. The molecule has 0 atom stereocenters. The number of nitrogens with zero attached hydrogens (tertiary/aromatic N) is 3. The molecule has 1 aliphatic rings. The average molecular weight is 249 g/mol. The van der Waals surface area contributed by atoms with E-state index in [9.17, 15) is 0 Å². The van der Waals surface area contributed by atoms with Crippen LogP contribution < -0.4 is 10.6 Å². The van der Waals surface area contributed by atoms with Crippen LogP contribution in [0.3, 0.4) is 0 Å². The van der Waals surface area contributed by atoms with Crippen LogP contribution in [0.2, 0.25) is 0 Å². The van der Waals surface area contributed by atoms with E-state index in [0.717, 1.165) is 5.82 Å². The zero-order valence-electron chi connectivity index (χ0n) is 11.9. The van der Waals surface area contributed by atoms with Crippen molar-refractivity contribution < 1.29 is 9.31 Å². The summed E-state index contributed by atoms with van der Waals surface area (Å²) in [7, 11) is 3.38. The monoisotopic (exact) mass is 249 g/mol. The smallest absolute Gasteiger partial charge is 0.397 e. The molecule has 0 amide bonds. The van der Waals surface area contributed by atoms with Crippen LogP contribution >= 0.6 is 0 Å². The fraction of sp³-hybridized carbons (Fsp3) is 0.667. The summed E-state index contributed by atoms with van der Waals surface area (Å²) in [5.41, 5.74) is -0.163. The van der Waals surface area contributed by atoms with E-state index in [1.807, 2.05) is 52.8 Å². The van der Waals surface area contributed by atoms with Crippen LogP contribution in [0, 0.1) is 0 Å². The molecule has 2 rings (SSSR count). The molecule has 1 aliphatic heterocycles. The Morgan fingerprint density at radius 1 is 1.11 bits per heavy atom. The van der Waals surface area contributed by atoms with Crippen molar-refractivity contribution in [3.05, 3.63) is 12.3 Å². The molecular weight excluding hydrogens is 229 g/mol. The summed E-state index contributed by atoms with van der Waals surface area (Å²) in [5, 5.41) is 0. The van der Waals surface area contributed by atoms with Crippen molar-refractivity contribution in [3.63, 3.8) is 0 Å². The zero-order chi connectivity index (χ0) is 13.6. The zero-order valence-corrected chi connectivity index (χ0v) is 11.9. The van der Waals surface area contributed by atoms with Crippen LogP contribution in [0.15, 0.2) is 12.3 Å². The standard InChI is InChI=1S/C12H20BN3O2/c1-11(2)12(3,4)18-13(17-11)10-14-8-7-9(15-10)16(5)6/h7-8H,1-6H3. The molecule has 1 fully saturated rings. The lowest BCUT2D eigenvalue weighted by atomic mass is 9.89. The Bertz CT molecular complexity index is 433. The highest BCUT2D eigenvalue weighted by Gasteiger charge is 2.53. The number of rotatable bonds is 2. The van der Waals surface area contributed by atoms with Crippen molar-refractivity contribution in [2.24, 2.45) is 0 Å². The van der Waals surface area contributed by atoms with Crippen molar-refractivity contribution >= 4 is 18.7 Å². The highest BCUT2D eigenvalue weighted by Crippen LogP contribution is 2.36. The number of hydrogen-bond acceptors (Lipinski definition) is 5. The molecule has 0 aromatic carbocycles. The summed E-state index contributed by atoms with van der Waals surface area (Å²) >= 11 is 0. The van der Waals surface area contributed by atoms with E-state index in [4.69, 9.17) is 9.31 Å². The summed E-state index contributed by atoms with van der Waals surface area (Å²) in [6.45, 7) is 8.07. The molecule has 0 bridgehead atoms. The van der Waals surface area contributed by atoms with Gasteiger partial charge < -0.3 is 14.2 Å². The fourth-order valence-corrected chi connectivity index (χ4v) is 1.67. The molecule has 5 nitrogen and oxygen atoms in total. The van der Waals surface area contributed by atoms with Crippen LogP contribution in [0.25, 0.3) is 0 Å². The predicted octanol–water partition coefficient (Wildman–Crippen LogP) is 0.842. The highest BCUT2D eigenvalue weighted by atomic mass is 16.7. The van der Waals surface area contributed by atoms with Gasteiger partial charge in [-0.2, -0.15) is 0 Å². The summed E-state index contributed by atoms with van der Waals surface area (Å²) in [4.78, 5) is 10.6. The molecule has 0 spiro atoms. The van der Waals surface area contributed by atoms with Crippen LogP contribution in [-0.2, 0) is 9.31 Å². The van der Waals surface area contributed by atoms with Gasteiger partial charge in [0, 0.05) is 20.3 Å². The molecule has 18 heavy (non-hydrogen) atoms. The summed E-state index contributed by atoms with van der Waals surface area (Å²) < 4.78 is 11.8. The van der Waals surface area contributed by atoms with Gasteiger partial charge in [-0.15, -0.1) is 0 Å². The predicted molar refractivity (Wildman–Crippen MR) is 72.1 cm³/mol. The molecule has 0 radical (unpaired) electrons. The molecule has 1 aromatic rings. The lowest BCUT2D eigenvalue weighted by Crippen LogP contribution is -2.41. The SMILES string of the molecule is CN(C)c1ccnc(B2OC(C)(C)C(C)(C)O2)n1. The van der Waals surface area contributed by atoms with Crippen LogP contribution in [0.1, 0.15) is 27.7 Å². The molecule has 0 saturated carbocycles. The first-order valence-electron chi connectivity index (χ1n) is 6.09. The van der Waals surface area contributed by atoms with Gasteiger partial charge >= 0.3 is 7.12 Å². The third-order valence-electron chi connectivity index (χ3n) is 3.58. The van der Waals surface area contributed by atoms with E-state index in [1.54, 1.807) is 6.20 Å². The molecule has 98 valence electrons. The summed E-state index contributed by atoms with van der Waals surface area (Å²) in [6, 6.07) is 1.86. The van der Waals surface area contributed by atoms with Gasteiger partial charge in [-0.3, -0.25) is 0 Å². The maximum atomic E-state index is 5.92. The molecule has 0 N–H and O–H groups in total. The van der Waals surface area contributed by atoms with Gasteiger partial charge in [-0.1, -0.05) is 0 Å². The van der Waals surface area contributed by atoms with Crippen LogP contribution in [0.4, 0.5) is 5.82 Å². The van der Waals surface area contributed by atoms with E-state index in [-0.39, 0.29) is 11.2 Å². The summed E-state index contributed by atoms with van der Waals surface area (Å²) in [5.74, 6) is 0.842. The van der Waals surface area contributed by atoms with Gasteiger partial charge in [0.15, 0.2) is 5.72 Å². The minimum atomic E-state index is -0.505. The Kier molecular flexibility index (Phi) is 3.11. The quantitative estimate of drug-likeness (QED) is 0.727. The molecule has 0 aliphatic carbocycles. The molecule has 1 saturated heterocycles. The number of aromatic nitrogens is 2. The molecular formula is C12H20BN3O2. The Labute approximate surface area is 109 Å². The molecule has 2 heterocycles. The van der Waals surface area contributed by atoms with Crippen molar-refractivity contribution in [3.8, 4) is 0 Å². The third kappa shape index (κ3) is 2.22. The van der Waals surface area contributed by atoms with Crippen molar-refractivity contribution in [1.29, 1.82) is 0 Å². The Morgan fingerprint density at radius 3 is 2.17 bits per heavy atom. The topological polar surface area (TPSA) is 47.5 Å². The molecule has 6 heteroatoms. The largest absolute Gasteiger partial charge is 0.534 e. The van der Waals surface area contributed by atoms with Gasteiger partial charge in [-0.25, -0.2) is 9.97 Å². The van der Waals surface area contributed by atoms with Crippen molar-refractivity contribution in [2.45, 2.75) is 38.9 Å². The molecule has 1 aromatic heterocycles. The van der Waals surface area contributed by atoms with Crippen LogP contribution in [-0.4, -0.2) is 42.4 Å². The van der Waals surface area contributed by atoms with E-state index in [1.165, 1.54) is 0 Å². The first kappa shape index (κ1) is 13.3. The first-order valence-corrected chi connectivity index (χ1v) is 6.09. The van der Waals surface area contributed by atoms with Crippen LogP contribution in [0.5, 0.6) is 0 Å². The Hall–Kier alpha value is -1.14. The first-order chi connectivity index (χ1) is 8.23.